The van der Waals surface area contributed by atoms with Gasteiger partial charge in [0.2, 0.25) is 11.8 Å². The maximum absolute atomic E-state index is 15.4. The van der Waals surface area contributed by atoms with Crippen molar-refractivity contribution in [2.75, 3.05) is 79.3 Å². The molecule has 4 N–H and O–H groups in total. The first-order valence-electron chi connectivity index (χ1n) is 33.9. The molecule has 1 aromatic heterocycles. The number of benzene rings is 3. The predicted molar refractivity (Wildman–Crippen MR) is 385 cm³/mol. The third-order valence-electron chi connectivity index (χ3n) is 18.1. The van der Waals surface area contributed by atoms with E-state index >= 15 is 8.78 Å². The molecule has 3 aliphatic carbocycles. The molecule has 3 saturated heterocycles. The molecule has 0 spiro atoms. The van der Waals surface area contributed by atoms with E-state index in [-0.39, 0.29) is 125 Å². The third-order valence-corrected chi connectivity index (χ3v) is 19.1. The van der Waals surface area contributed by atoms with Crippen LogP contribution in [0.15, 0.2) is 33.5 Å². The first-order valence-corrected chi connectivity index (χ1v) is 34.6. The third kappa shape index (κ3) is 21.7. The number of anilines is 4. The van der Waals surface area contributed by atoms with Crippen LogP contribution in [0, 0.1) is 61.9 Å². The van der Waals surface area contributed by atoms with Gasteiger partial charge in [0.25, 0.3) is 5.56 Å². The van der Waals surface area contributed by atoms with Crippen LogP contribution in [0.2, 0.25) is 0 Å². The van der Waals surface area contributed by atoms with E-state index in [1.54, 1.807) is 28.2 Å². The van der Waals surface area contributed by atoms with Crippen LogP contribution in [0.1, 0.15) is 195 Å². The van der Waals surface area contributed by atoms with E-state index in [2.05, 4.69) is 58.4 Å². The molecule has 3 saturated carbocycles. The Labute approximate surface area is 616 Å². The average molecular weight is 1470 g/mol. The number of carbonyl (C=O) groups is 6. The number of hydrogen-bond donors (Lipinski definition) is 5. The topological polar surface area (TPSA) is 231 Å². The maximum atomic E-state index is 15.4. The molecule has 10 rings (SSSR count). The van der Waals surface area contributed by atoms with E-state index in [0.717, 1.165) is 69.3 Å². The van der Waals surface area contributed by atoms with Gasteiger partial charge in [0.05, 0.1) is 58.1 Å². The zero-order valence-corrected chi connectivity index (χ0v) is 64.4. The number of methoxy groups -OCH3 is 2. The molecule has 0 unspecified atom stereocenters. The minimum atomic E-state index is -0.676. The number of alkyl carbamates (subject to hydrolysis) is 2. The summed E-state index contributed by atoms with van der Waals surface area (Å²) in [4.78, 5) is 92.8. The Morgan fingerprint density at radius 3 is 1.47 bits per heavy atom. The summed E-state index contributed by atoms with van der Waals surface area (Å²) in [5.74, 6) is -1.33. The first-order chi connectivity index (χ1) is 45.4. The predicted octanol–water partition coefficient (Wildman–Crippen LogP) is 11.2. The Bertz CT molecular complexity index is 3580. The fourth-order valence-electron chi connectivity index (χ4n) is 12.9. The average Bonchev–Trinajstić information content (AvgIpc) is 1.50. The summed E-state index contributed by atoms with van der Waals surface area (Å²) in [7, 11) is 2.48. The minimum Gasteiger partial charge on any atom is -1.00 e. The van der Waals surface area contributed by atoms with Gasteiger partial charge in [-0.2, -0.15) is 12.6 Å². The Kier molecular flexibility index (Phi) is 30.7. The van der Waals surface area contributed by atoms with E-state index < -0.39 is 52.8 Å². The quantitative estimate of drug-likeness (QED) is 0.0342. The molecule has 0 radical (unpaired) electrons. The molecule has 4 amide bonds. The summed E-state index contributed by atoms with van der Waals surface area (Å²) < 4.78 is 72.8. The van der Waals surface area contributed by atoms with Gasteiger partial charge in [0, 0.05) is 88.6 Å². The van der Waals surface area contributed by atoms with Gasteiger partial charge in [-0.1, -0.05) is 21.3 Å². The molecule has 20 nitrogen and oxygen atoms in total. The second-order valence-corrected chi connectivity index (χ2v) is 29.0. The van der Waals surface area contributed by atoms with Gasteiger partial charge < -0.3 is 65.6 Å². The number of carbonyl (C=O) groups excluding carboxylic acids is 6. The van der Waals surface area contributed by atoms with Gasteiger partial charge in [0.15, 0.2) is 0 Å². The normalized spacial score (nSPS) is 18.6. The van der Waals surface area contributed by atoms with Crippen molar-refractivity contribution >= 4 is 98.2 Å². The second kappa shape index (κ2) is 36.2. The molecule has 4 heterocycles. The number of esters is 2. The smallest absolute Gasteiger partial charge is 1.00 e. The molecule has 542 valence electrons. The number of aryl methyl sites for hydroxylation is 1. The number of nitrogens with one attached hydrogen (secondary N) is 3. The van der Waals surface area contributed by atoms with Crippen molar-refractivity contribution in [3.05, 3.63) is 84.4 Å². The van der Waals surface area contributed by atoms with Crippen LogP contribution in [0.25, 0.3) is 10.9 Å². The van der Waals surface area contributed by atoms with E-state index in [1.165, 1.54) is 65.8 Å². The molecule has 6 aliphatic rings. The number of amides is 4. The Morgan fingerprint density at radius 2 is 1.10 bits per heavy atom. The molecule has 3 aliphatic heterocycles. The number of nitrogens with zero attached hydrogens (tertiary/aromatic N) is 5. The van der Waals surface area contributed by atoms with Crippen LogP contribution in [0.3, 0.4) is 0 Å². The van der Waals surface area contributed by atoms with Crippen LogP contribution in [0.4, 0.5) is 45.5 Å². The molecular formula is C72H107BrF3N8NaO12S. The summed E-state index contributed by atoms with van der Waals surface area (Å²) in [6.07, 6.45) is 7.45. The van der Waals surface area contributed by atoms with Gasteiger partial charge in [-0.3, -0.25) is 14.4 Å². The van der Waals surface area contributed by atoms with Gasteiger partial charge in [-0.05, 0) is 222 Å². The van der Waals surface area contributed by atoms with E-state index in [1.807, 2.05) is 72.1 Å². The molecule has 98 heavy (non-hydrogen) atoms. The summed E-state index contributed by atoms with van der Waals surface area (Å²) in [5, 5.41) is 19.8. The van der Waals surface area contributed by atoms with Gasteiger partial charge in [-0.25, -0.2) is 32.3 Å². The largest absolute Gasteiger partial charge is 1.00 e. The standard InChI is InChI=1S/C25H36FN3O5.C24H32FN3O4.C14H15BrFNO3.C7H15N.CH4S.CH4.Na.H/c1-14-21(29(16(3)30)18-8-9-18)19(23(31)33-7)12-20(26)22(14)28-11-10-17(13-28)15(2)27-24(32)34-25(4,5)6;1-13-21-17(19(29)11-20(30)28(21)16-6-7-16)10-18(25)22(13)27-9-8-15(12-27)14(2)26-23(31)32-24(3,4)5;1-7-12(15)11(16)6-10(14(19)20-3)13(7)17(8(2)18)9-4-5-9;1-6(2)7-3-4-8-5-7;1-2;;;/h12,15,17-18H,8-11,13H2,1-7H3,(H,27,32);10-11,14-16,29H,6-9,12H2,1-5H3,(H,26,31);6,9H,4-5H2,1-3H3;6-8H,3-5H2,1-2H3;2H,1H3;1H4;;/q;;;;;;+1;-1/t15-,17+;14-,15+;;7-;;;;/m00.1..../s1/i;;;;1D;;;. The Balaban J connectivity index is 0.000000365. The number of pyridine rings is 1. The van der Waals surface area contributed by atoms with Crippen LogP contribution in [-0.2, 0) is 28.5 Å². The molecule has 26 heteroatoms. The summed E-state index contributed by atoms with van der Waals surface area (Å²) in [6.45, 7) is 32.3. The number of halogens is 4. The zero-order valence-electron chi connectivity index (χ0n) is 62.0. The van der Waals surface area contributed by atoms with Crippen LogP contribution < -0.4 is 70.7 Å². The number of aromatic hydroxyl groups is 1. The van der Waals surface area contributed by atoms with E-state index in [0.29, 0.717) is 76.5 Å². The Morgan fingerprint density at radius 1 is 0.684 bits per heavy atom. The fourth-order valence-corrected chi connectivity index (χ4v) is 13.2. The monoisotopic (exact) mass is 1470 g/mol. The van der Waals surface area contributed by atoms with Gasteiger partial charge in [0.1, 0.15) is 34.4 Å². The Hall–Kier alpha value is -5.73. The second-order valence-electron chi connectivity index (χ2n) is 28.2. The summed E-state index contributed by atoms with van der Waals surface area (Å²) in [5.41, 5.74) is 2.73. The maximum Gasteiger partial charge on any atom is 1.00 e. The van der Waals surface area contributed by atoms with E-state index in [4.69, 9.17) is 20.3 Å². The van der Waals surface area contributed by atoms with E-state index in [9.17, 15) is 43.1 Å². The van der Waals surface area contributed by atoms with Crippen molar-refractivity contribution in [3.63, 3.8) is 0 Å². The van der Waals surface area contributed by atoms with Crippen LogP contribution >= 0.6 is 28.6 Å². The molecule has 5 atom stereocenters. The summed E-state index contributed by atoms with van der Waals surface area (Å²) >= 11 is 6.61. The van der Waals surface area contributed by atoms with Crippen molar-refractivity contribution in [2.24, 2.45) is 23.7 Å². The molecule has 3 aromatic carbocycles. The molecular weight excluding hydrogens is 1360 g/mol. The van der Waals surface area contributed by atoms with Crippen LogP contribution in [-0.4, -0.2) is 141 Å². The van der Waals surface area contributed by atoms with Gasteiger partial charge in [-0.15, -0.1) is 0 Å². The number of thiol groups is 1. The molecule has 4 aromatic rings. The molecule has 6 fully saturated rings. The number of hydrogen-bond acceptors (Lipinski definition) is 16. The van der Waals surface area contributed by atoms with Gasteiger partial charge >= 0.3 is 53.7 Å². The van der Waals surface area contributed by atoms with Crippen molar-refractivity contribution in [3.8, 4) is 5.75 Å². The SMILES string of the molecule is C.CC(C)[C@@H]1CCNC1.COC(=O)c1cc(F)c(Br)c(C)c1N(C(C)=O)C1CC1.COC(=O)c1cc(F)c(N2CC[C@@H]([C@H](C)NC(=O)OC(C)(C)C)C2)c(C)c1N(C(C)=O)C1CC1.Cc1c(N2CC[C@@H]([C@H](C)NC(=O)OC(C)(C)C)C2)c(F)cc2c(O)cc(=O)n(C3CC3)c12.[2H]CS.[H-].[Na+]. The number of ether oxygens (including phenoxy) is 4. The van der Waals surface area contributed by atoms with Crippen molar-refractivity contribution in [1.29, 1.82) is 0 Å². The number of aromatic nitrogens is 1. The van der Waals surface area contributed by atoms with Crippen molar-refractivity contribution in [1.82, 2.24) is 20.5 Å². The number of rotatable bonds is 14. The van der Waals surface area contributed by atoms with Crippen LogP contribution in [0.5, 0.6) is 5.75 Å². The zero-order chi connectivity index (χ0) is 72.5. The first kappa shape index (κ1) is 82.9. The molecule has 0 bridgehead atoms. The van der Waals surface area contributed by atoms with Crippen molar-refractivity contribution in [2.45, 2.75) is 210 Å². The minimum absolute atomic E-state index is 0. The van der Waals surface area contributed by atoms with Crippen molar-refractivity contribution < 1.29 is 98.3 Å². The summed E-state index contributed by atoms with van der Waals surface area (Å²) in [6, 6.07) is 4.68. The number of fused-ring (bicyclic) bond motifs is 1. The fraction of sp³-hybridized carbons (Fsp3) is 0.625.